The summed E-state index contributed by atoms with van der Waals surface area (Å²) in [4.78, 5) is 4.32. The monoisotopic (exact) mass is 357 g/mol. The van der Waals surface area contributed by atoms with E-state index in [1.54, 1.807) is 12.1 Å². The Kier molecular flexibility index (Phi) is 6.46. The molecule has 9 heteroatoms. The molecule has 0 unspecified atom stereocenters. The first-order chi connectivity index (χ1) is 11.0. The van der Waals surface area contributed by atoms with Gasteiger partial charge in [0.2, 0.25) is 5.13 Å². The zero-order chi connectivity index (χ0) is 16.8. The van der Waals surface area contributed by atoms with Crippen molar-refractivity contribution in [2.45, 2.75) is 18.3 Å². The number of aliphatic hydroxyl groups excluding tert-OH is 4. The number of hydrazone groups is 1. The van der Waals surface area contributed by atoms with E-state index in [0.29, 0.717) is 10.2 Å². The summed E-state index contributed by atoms with van der Waals surface area (Å²) in [5.74, 6) is 0. The number of anilines is 1. The number of aromatic nitrogens is 1. The van der Waals surface area contributed by atoms with Gasteiger partial charge in [-0.05, 0) is 12.1 Å². The molecule has 1 aromatic carbocycles. The third-order valence-corrected chi connectivity index (χ3v) is 3.96. The summed E-state index contributed by atoms with van der Waals surface area (Å²) >= 11 is 7.15. The summed E-state index contributed by atoms with van der Waals surface area (Å²) in [7, 11) is 0. The maximum Gasteiger partial charge on any atom is 0.203 e. The van der Waals surface area contributed by atoms with Gasteiger partial charge in [-0.2, -0.15) is 5.10 Å². The molecule has 0 saturated carbocycles. The van der Waals surface area contributed by atoms with Crippen molar-refractivity contribution >= 4 is 34.3 Å². The molecule has 124 valence electrons. The van der Waals surface area contributed by atoms with E-state index in [4.69, 9.17) is 16.7 Å². The Bertz CT molecular complexity index is 650. The van der Waals surface area contributed by atoms with Gasteiger partial charge >= 0.3 is 0 Å². The lowest BCUT2D eigenvalue weighted by molar-refractivity contribution is -0.0541. The predicted molar refractivity (Wildman–Crippen MR) is 89.8 cm³/mol. The maximum atomic E-state index is 9.57. The molecule has 0 amide bonds. The van der Waals surface area contributed by atoms with Gasteiger partial charge in [-0.3, -0.25) is 5.43 Å². The molecule has 7 nitrogen and oxygen atoms in total. The molecule has 5 N–H and O–H groups in total. The highest BCUT2D eigenvalue weighted by atomic mass is 35.5. The molecule has 0 bridgehead atoms. The minimum atomic E-state index is -1.52. The SMILES string of the molecule is OC[C@@H](O)[C@H](O)[C@H](O)/C=N\Nc1nc(-c2ccc(Cl)cc2)cs1. The highest BCUT2D eigenvalue weighted by Crippen LogP contribution is 2.25. The van der Waals surface area contributed by atoms with E-state index >= 15 is 0 Å². The van der Waals surface area contributed by atoms with Crippen molar-refractivity contribution in [1.29, 1.82) is 0 Å². The topological polar surface area (TPSA) is 118 Å². The Hall–Kier alpha value is -1.55. The van der Waals surface area contributed by atoms with Crippen molar-refractivity contribution < 1.29 is 20.4 Å². The van der Waals surface area contributed by atoms with Gasteiger partial charge in [0.1, 0.15) is 18.3 Å². The number of hydrogen-bond acceptors (Lipinski definition) is 8. The maximum absolute atomic E-state index is 9.57. The van der Waals surface area contributed by atoms with E-state index in [0.717, 1.165) is 17.5 Å². The molecular formula is C14H16ClN3O4S. The summed E-state index contributed by atoms with van der Waals surface area (Å²) in [5.41, 5.74) is 4.28. The van der Waals surface area contributed by atoms with Crippen LogP contribution < -0.4 is 5.43 Å². The van der Waals surface area contributed by atoms with E-state index in [1.807, 2.05) is 17.5 Å². The molecule has 0 saturated heterocycles. The van der Waals surface area contributed by atoms with E-state index in [-0.39, 0.29) is 0 Å². The second-order valence-corrected chi connectivity index (χ2v) is 5.96. The summed E-state index contributed by atoms with van der Waals surface area (Å²) < 4.78 is 0. The summed E-state index contributed by atoms with van der Waals surface area (Å²) in [6.07, 6.45) is -3.35. The quantitative estimate of drug-likeness (QED) is 0.372. The van der Waals surface area contributed by atoms with E-state index in [1.165, 1.54) is 11.3 Å². The number of benzene rings is 1. The third-order valence-electron chi connectivity index (χ3n) is 2.96. The average molecular weight is 358 g/mol. The third kappa shape index (κ3) is 4.96. The van der Waals surface area contributed by atoms with Gasteiger partial charge in [0.25, 0.3) is 0 Å². The summed E-state index contributed by atoms with van der Waals surface area (Å²) in [6.45, 7) is -0.656. The van der Waals surface area contributed by atoms with Gasteiger partial charge in [-0.1, -0.05) is 23.7 Å². The number of nitrogens with zero attached hydrogens (tertiary/aromatic N) is 2. The van der Waals surface area contributed by atoms with Crippen LogP contribution in [0.2, 0.25) is 5.02 Å². The molecule has 0 aliphatic carbocycles. The molecule has 0 radical (unpaired) electrons. The van der Waals surface area contributed by atoms with E-state index in [9.17, 15) is 15.3 Å². The van der Waals surface area contributed by atoms with Gasteiger partial charge < -0.3 is 20.4 Å². The second-order valence-electron chi connectivity index (χ2n) is 4.67. The van der Waals surface area contributed by atoms with Crippen LogP contribution in [0, 0.1) is 0 Å². The van der Waals surface area contributed by atoms with E-state index in [2.05, 4.69) is 15.5 Å². The Morgan fingerprint density at radius 3 is 2.61 bits per heavy atom. The molecule has 0 aliphatic heterocycles. The molecule has 1 heterocycles. The number of nitrogens with one attached hydrogen (secondary N) is 1. The molecule has 3 atom stereocenters. The molecular weight excluding hydrogens is 342 g/mol. The first-order valence-corrected chi connectivity index (χ1v) is 7.92. The number of aliphatic hydroxyl groups is 4. The van der Waals surface area contributed by atoms with Crippen LogP contribution in [0.1, 0.15) is 0 Å². The largest absolute Gasteiger partial charge is 0.394 e. The van der Waals surface area contributed by atoms with Crippen LogP contribution in [0.4, 0.5) is 5.13 Å². The molecule has 0 aliphatic rings. The van der Waals surface area contributed by atoms with Crippen LogP contribution in [0.25, 0.3) is 11.3 Å². The van der Waals surface area contributed by atoms with Crippen molar-refractivity contribution in [3.8, 4) is 11.3 Å². The van der Waals surface area contributed by atoms with Crippen LogP contribution in [0.3, 0.4) is 0 Å². The van der Waals surface area contributed by atoms with Gasteiger partial charge in [-0.25, -0.2) is 4.98 Å². The zero-order valence-electron chi connectivity index (χ0n) is 11.9. The molecule has 2 aromatic rings. The minimum absolute atomic E-state index is 0.496. The first-order valence-electron chi connectivity index (χ1n) is 6.67. The number of halogens is 1. The van der Waals surface area contributed by atoms with Gasteiger partial charge in [0, 0.05) is 16.0 Å². The molecule has 1 aromatic heterocycles. The standard InChI is InChI=1S/C14H16ClN3O4S/c15-9-3-1-8(2-4-9)10-7-23-14(17-10)18-16-5-11(20)13(22)12(21)6-19/h1-5,7,11-13,19-22H,6H2,(H,17,18)/b16-5-/t11-,12-,13-/m1/s1. The molecule has 0 fully saturated rings. The lowest BCUT2D eigenvalue weighted by Gasteiger charge is -2.17. The van der Waals surface area contributed by atoms with Crippen LogP contribution in [0.15, 0.2) is 34.7 Å². The average Bonchev–Trinajstić information content (AvgIpc) is 3.02. The highest BCUT2D eigenvalue weighted by molar-refractivity contribution is 7.14. The van der Waals surface area contributed by atoms with Crippen molar-refractivity contribution in [2.75, 3.05) is 12.0 Å². The Balaban J connectivity index is 1.94. The fourth-order valence-corrected chi connectivity index (χ4v) is 2.47. The van der Waals surface area contributed by atoms with Crippen molar-refractivity contribution in [2.24, 2.45) is 5.10 Å². The molecule has 2 rings (SSSR count). The first kappa shape index (κ1) is 17.8. The van der Waals surface area contributed by atoms with Crippen LogP contribution in [0.5, 0.6) is 0 Å². The Morgan fingerprint density at radius 1 is 1.26 bits per heavy atom. The van der Waals surface area contributed by atoms with Crippen LogP contribution in [-0.4, -0.2) is 56.5 Å². The predicted octanol–water partition coefficient (Wildman–Crippen LogP) is 0.936. The Labute approximate surface area is 141 Å². The van der Waals surface area contributed by atoms with Crippen molar-refractivity contribution in [3.05, 3.63) is 34.7 Å². The minimum Gasteiger partial charge on any atom is -0.394 e. The van der Waals surface area contributed by atoms with Crippen LogP contribution >= 0.6 is 22.9 Å². The molecule has 23 heavy (non-hydrogen) atoms. The van der Waals surface area contributed by atoms with E-state index < -0.39 is 24.9 Å². The second kappa shape index (κ2) is 8.34. The van der Waals surface area contributed by atoms with Gasteiger partial charge in [0.15, 0.2) is 0 Å². The highest BCUT2D eigenvalue weighted by Gasteiger charge is 2.22. The summed E-state index contributed by atoms with van der Waals surface area (Å²) in [5, 5.41) is 43.6. The fraction of sp³-hybridized carbons (Fsp3) is 0.286. The van der Waals surface area contributed by atoms with Crippen LogP contribution in [-0.2, 0) is 0 Å². The van der Waals surface area contributed by atoms with Crippen molar-refractivity contribution in [3.63, 3.8) is 0 Å². The normalized spacial score (nSPS) is 15.5. The van der Waals surface area contributed by atoms with Gasteiger partial charge in [0.05, 0.1) is 18.5 Å². The fourth-order valence-electron chi connectivity index (χ4n) is 1.67. The summed E-state index contributed by atoms with van der Waals surface area (Å²) in [6, 6.07) is 7.24. The smallest absolute Gasteiger partial charge is 0.203 e. The zero-order valence-corrected chi connectivity index (χ0v) is 13.4. The lowest BCUT2D eigenvalue weighted by atomic mass is 10.1. The number of rotatable bonds is 7. The number of hydrogen-bond donors (Lipinski definition) is 5. The van der Waals surface area contributed by atoms with Gasteiger partial charge in [-0.15, -0.1) is 11.3 Å². The van der Waals surface area contributed by atoms with Crippen molar-refractivity contribution in [1.82, 2.24) is 4.98 Å². The molecule has 0 spiro atoms. The Morgan fingerprint density at radius 2 is 1.96 bits per heavy atom. The lowest BCUT2D eigenvalue weighted by Crippen LogP contribution is -2.40. The number of thiazole rings is 1.